The first-order chi connectivity index (χ1) is 10.3. The topological polar surface area (TPSA) is 99.4 Å². The highest BCUT2D eigenvalue weighted by atomic mass is 16.5. The molecule has 1 saturated heterocycles. The van der Waals surface area contributed by atoms with Gasteiger partial charge in [0.2, 0.25) is 5.91 Å². The van der Waals surface area contributed by atoms with Crippen LogP contribution in [0.25, 0.3) is 0 Å². The van der Waals surface area contributed by atoms with Crippen LogP contribution in [0.4, 0.5) is 0 Å². The van der Waals surface area contributed by atoms with E-state index in [2.05, 4.69) is 5.32 Å². The van der Waals surface area contributed by atoms with Crippen LogP contribution in [-0.2, 0) is 14.3 Å². The summed E-state index contributed by atoms with van der Waals surface area (Å²) >= 11 is 0. The van der Waals surface area contributed by atoms with Crippen molar-refractivity contribution in [3.8, 4) is 6.07 Å². The van der Waals surface area contributed by atoms with Gasteiger partial charge in [0.1, 0.15) is 17.6 Å². The van der Waals surface area contributed by atoms with Gasteiger partial charge in [-0.05, 0) is 19.4 Å². The van der Waals surface area contributed by atoms with Gasteiger partial charge in [-0.2, -0.15) is 5.26 Å². The Morgan fingerprint density at radius 3 is 2.50 bits per heavy atom. The number of carbonyl (C=O) groups excluding carboxylic acids is 2. The Labute approximate surface area is 128 Å². The molecule has 1 fully saturated rings. The molecule has 116 valence electrons. The number of aryl methyl sites for hydroxylation is 1. The van der Waals surface area contributed by atoms with E-state index in [1.54, 1.807) is 12.1 Å². The summed E-state index contributed by atoms with van der Waals surface area (Å²) in [5.41, 5.74) is -0.130. The number of nitrogens with one attached hydrogen (secondary N) is 1. The molecule has 2 rings (SSSR count). The lowest BCUT2D eigenvalue weighted by atomic mass is 9.69. The second-order valence-electron chi connectivity index (χ2n) is 5.68. The Hall–Kier alpha value is -2.39. The van der Waals surface area contributed by atoms with Gasteiger partial charge in [-0.25, -0.2) is 0 Å². The van der Waals surface area contributed by atoms with Crippen molar-refractivity contribution in [3.63, 3.8) is 0 Å². The molecule has 1 aromatic carbocycles. The van der Waals surface area contributed by atoms with E-state index < -0.39 is 35.4 Å². The number of hydrogen-bond donors (Lipinski definition) is 2. The minimum Gasteiger partial charge on any atom is -0.469 e. The summed E-state index contributed by atoms with van der Waals surface area (Å²) in [6.45, 7) is 3.24. The zero-order valence-electron chi connectivity index (χ0n) is 12.7. The summed E-state index contributed by atoms with van der Waals surface area (Å²) in [5.74, 6) is -4.19. The van der Waals surface area contributed by atoms with Crippen LogP contribution in [0.5, 0.6) is 0 Å². The molecule has 0 radical (unpaired) electrons. The van der Waals surface area contributed by atoms with Crippen molar-refractivity contribution in [1.82, 2.24) is 5.32 Å². The van der Waals surface area contributed by atoms with Crippen LogP contribution in [-0.4, -0.2) is 29.8 Å². The van der Waals surface area contributed by atoms with Crippen LogP contribution in [0.15, 0.2) is 24.3 Å². The minimum atomic E-state index is -1.78. The monoisotopic (exact) mass is 302 g/mol. The van der Waals surface area contributed by atoms with Crippen molar-refractivity contribution in [2.75, 3.05) is 7.11 Å². The highest BCUT2D eigenvalue weighted by molar-refractivity contribution is 5.88. The quantitative estimate of drug-likeness (QED) is 0.789. The fraction of sp³-hybridized carbons (Fsp3) is 0.438. The SMILES string of the molecule is COC(=O)[C@@H]1[C@@H](c2ccc(C)cc2)[C@H](C#N)C(=O)NC1(C)O. The standard InChI is InChI=1S/C16H18N2O4/c1-9-4-6-10(7-5-9)12-11(8-17)14(19)18-16(2,21)13(12)15(20)22-3/h4-7,11-13,21H,1-3H3,(H,18,19)/t11-,12-,13-,16?/m0/s1. The smallest absolute Gasteiger partial charge is 0.314 e. The Balaban J connectivity index is 2.58. The number of hydrogen-bond acceptors (Lipinski definition) is 5. The van der Waals surface area contributed by atoms with Gasteiger partial charge in [-0.3, -0.25) is 9.59 Å². The molecule has 6 heteroatoms. The van der Waals surface area contributed by atoms with Gasteiger partial charge in [0.25, 0.3) is 0 Å². The van der Waals surface area contributed by atoms with Gasteiger partial charge in [0.15, 0.2) is 0 Å². The van der Waals surface area contributed by atoms with E-state index >= 15 is 0 Å². The molecular formula is C16H18N2O4. The van der Waals surface area contributed by atoms with Crippen molar-refractivity contribution in [2.24, 2.45) is 11.8 Å². The molecular weight excluding hydrogens is 284 g/mol. The van der Waals surface area contributed by atoms with E-state index in [0.29, 0.717) is 5.56 Å². The van der Waals surface area contributed by atoms with Gasteiger partial charge in [0.05, 0.1) is 13.2 Å². The number of nitrogens with zero attached hydrogens (tertiary/aromatic N) is 1. The molecule has 6 nitrogen and oxygen atoms in total. The number of ether oxygens (including phenoxy) is 1. The number of aliphatic hydroxyl groups is 1. The predicted octanol–water partition coefficient (Wildman–Crippen LogP) is 0.846. The number of piperidine rings is 1. The number of benzene rings is 1. The van der Waals surface area contributed by atoms with Gasteiger partial charge in [0, 0.05) is 5.92 Å². The first kappa shape index (κ1) is 16.0. The fourth-order valence-corrected chi connectivity index (χ4v) is 2.93. The van der Waals surface area contributed by atoms with Gasteiger partial charge in [-0.1, -0.05) is 29.8 Å². The van der Waals surface area contributed by atoms with Crippen LogP contribution in [0.3, 0.4) is 0 Å². The number of nitriles is 1. The average Bonchev–Trinajstić information content (AvgIpc) is 2.46. The summed E-state index contributed by atoms with van der Waals surface area (Å²) < 4.78 is 4.77. The molecule has 1 unspecified atom stereocenters. The largest absolute Gasteiger partial charge is 0.469 e. The summed E-state index contributed by atoms with van der Waals surface area (Å²) in [4.78, 5) is 24.3. The van der Waals surface area contributed by atoms with E-state index in [1.807, 2.05) is 25.1 Å². The highest BCUT2D eigenvalue weighted by Gasteiger charge is 2.54. The first-order valence-electron chi connectivity index (χ1n) is 6.90. The maximum atomic E-state index is 12.2. The summed E-state index contributed by atoms with van der Waals surface area (Å²) in [5, 5.41) is 22.1. The third kappa shape index (κ3) is 2.68. The molecule has 22 heavy (non-hydrogen) atoms. The fourth-order valence-electron chi connectivity index (χ4n) is 2.93. The summed E-state index contributed by atoms with van der Waals surface area (Å²) in [7, 11) is 1.21. The van der Waals surface area contributed by atoms with E-state index in [0.717, 1.165) is 5.56 Å². The van der Waals surface area contributed by atoms with Gasteiger partial charge < -0.3 is 15.2 Å². The molecule has 1 aliphatic rings. The zero-order chi connectivity index (χ0) is 16.5. The van der Waals surface area contributed by atoms with Crippen LogP contribution in [0, 0.1) is 30.1 Å². The predicted molar refractivity (Wildman–Crippen MR) is 77.3 cm³/mol. The van der Waals surface area contributed by atoms with E-state index in [1.165, 1.54) is 14.0 Å². The van der Waals surface area contributed by atoms with Crippen molar-refractivity contribution in [1.29, 1.82) is 5.26 Å². The van der Waals surface area contributed by atoms with Crippen LogP contribution < -0.4 is 5.32 Å². The molecule has 0 saturated carbocycles. The molecule has 1 aromatic rings. The Bertz CT molecular complexity index is 631. The van der Waals surface area contributed by atoms with Crippen molar-refractivity contribution in [2.45, 2.75) is 25.5 Å². The molecule has 1 aliphatic heterocycles. The first-order valence-corrected chi connectivity index (χ1v) is 6.90. The Morgan fingerprint density at radius 1 is 1.41 bits per heavy atom. The van der Waals surface area contributed by atoms with Crippen LogP contribution in [0.1, 0.15) is 24.0 Å². The zero-order valence-corrected chi connectivity index (χ0v) is 12.7. The highest BCUT2D eigenvalue weighted by Crippen LogP contribution is 2.41. The number of carbonyl (C=O) groups is 2. The van der Waals surface area contributed by atoms with Crippen molar-refractivity contribution in [3.05, 3.63) is 35.4 Å². The molecule has 0 aromatic heterocycles. The molecule has 0 aliphatic carbocycles. The van der Waals surface area contributed by atoms with Crippen molar-refractivity contribution < 1.29 is 19.4 Å². The van der Waals surface area contributed by atoms with Crippen LogP contribution >= 0.6 is 0 Å². The summed E-state index contributed by atoms with van der Waals surface area (Å²) in [6, 6.07) is 9.12. The molecule has 0 bridgehead atoms. The summed E-state index contributed by atoms with van der Waals surface area (Å²) in [6.07, 6.45) is 0. The van der Waals surface area contributed by atoms with Gasteiger partial charge >= 0.3 is 5.97 Å². The molecule has 1 heterocycles. The normalized spacial score (nSPS) is 31.0. The minimum absolute atomic E-state index is 0.599. The average molecular weight is 302 g/mol. The number of methoxy groups -OCH3 is 1. The lowest BCUT2D eigenvalue weighted by molar-refractivity contribution is -0.168. The maximum absolute atomic E-state index is 12.2. The number of rotatable bonds is 2. The molecule has 1 amide bonds. The van der Waals surface area contributed by atoms with Crippen LogP contribution in [0.2, 0.25) is 0 Å². The third-order valence-corrected chi connectivity index (χ3v) is 4.04. The lowest BCUT2D eigenvalue weighted by Crippen LogP contribution is -2.63. The van der Waals surface area contributed by atoms with Gasteiger partial charge in [-0.15, -0.1) is 0 Å². The van der Waals surface area contributed by atoms with E-state index in [4.69, 9.17) is 4.74 Å². The second-order valence-corrected chi connectivity index (χ2v) is 5.68. The molecule has 2 N–H and O–H groups in total. The van der Waals surface area contributed by atoms with E-state index in [9.17, 15) is 20.0 Å². The number of amides is 1. The number of esters is 1. The Morgan fingerprint density at radius 2 is 2.00 bits per heavy atom. The molecule has 0 spiro atoms. The second kappa shape index (κ2) is 5.78. The lowest BCUT2D eigenvalue weighted by Gasteiger charge is -2.43. The molecule has 4 atom stereocenters. The maximum Gasteiger partial charge on any atom is 0.314 e. The van der Waals surface area contributed by atoms with Crippen molar-refractivity contribution >= 4 is 11.9 Å². The third-order valence-electron chi connectivity index (χ3n) is 4.04. The Kier molecular flexibility index (Phi) is 4.20. The van der Waals surface area contributed by atoms with E-state index in [-0.39, 0.29) is 0 Å².